The number of fused-ring (bicyclic) bond motifs is 5. The molecule has 2 amide bonds. The predicted octanol–water partition coefficient (Wildman–Crippen LogP) is 6.61. The van der Waals surface area contributed by atoms with Gasteiger partial charge in [0.15, 0.2) is 0 Å². The average molecular weight is 749 g/mol. The summed E-state index contributed by atoms with van der Waals surface area (Å²) in [5.74, 6) is -1.53. The molecule has 5 rings (SSSR count). The first-order valence-electron chi connectivity index (χ1n) is 18.0. The Bertz CT molecular complexity index is 2070. The predicted molar refractivity (Wildman–Crippen MR) is 204 cm³/mol. The molecular formula is C39H52N4O9Si. The van der Waals surface area contributed by atoms with E-state index in [2.05, 4.69) is 44.5 Å². The van der Waals surface area contributed by atoms with Crippen molar-refractivity contribution in [3.8, 4) is 11.4 Å². The van der Waals surface area contributed by atoms with E-state index in [1.54, 1.807) is 65.2 Å². The molecule has 14 heteroatoms. The van der Waals surface area contributed by atoms with Crippen LogP contribution in [0.1, 0.15) is 98.8 Å². The first kappa shape index (κ1) is 39.5. The summed E-state index contributed by atoms with van der Waals surface area (Å²) in [7, 11) is -2.38. The van der Waals surface area contributed by atoms with E-state index in [4.69, 9.17) is 23.9 Å². The van der Waals surface area contributed by atoms with E-state index < -0.39 is 49.0 Å². The van der Waals surface area contributed by atoms with Crippen LogP contribution in [0.4, 0.5) is 15.3 Å². The van der Waals surface area contributed by atoms with Gasteiger partial charge in [0.05, 0.1) is 43.5 Å². The van der Waals surface area contributed by atoms with E-state index in [1.165, 1.54) is 0 Å². The molecule has 0 radical (unpaired) electrons. The maximum atomic E-state index is 14.4. The Kier molecular flexibility index (Phi) is 10.1. The highest BCUT2D eigenvalue weighted by Crippen LogP contribution is 2.44. The van der Waals surface area contributed by atoms with Crippen LogP contribution in [0.2, 0.25) is 18.1 Å². The summed E-state index contributed by atoms with van der Waals surface area (Å²) in [6.07, 6.45) is -1.49. The van der Waals surface area contributed by atoms with Crippen LogP contribution in [0.3, 0.4) is 0 Å². The second kappa shape index (κ2) is 13.6. The van der Waals surface area contributed by atoms with Crippen molar-refractivity contribution in [2.24, 2.45) is 0 Å². The Labute approximate surface area is 311 Å². The highest BCUT2D eigenvalue weighted by molar-refractivity contribution is 6.94. The lowest BCUT2D eigenvalue weighted by Crippen LogP contribution is -2.51. The van der Waals surface area contributed by atoms with E-state index in [-0.39, 0.29) is 54.3 Å². The Hall–Kier alpha value is -4.72. The molecule has 0 fully saturated rings. The van der Waals surface area contributed by atoms with Crippen LogP contribution < -0.4 is 21.4 Å². The third-order valence-electron chi connectivity index (χ3n) is 10.1. The van der Waals surface area contributed by atoms with Gasteiger partial charge in [-0.2, -0.15) is 0 Å². The van der Waals surface area contributed by atoms with Gasteiger partial charge < -0.3 is 28.8 Å². The number of nitrogens with one attached hydrogen (secondary N) is 2. The van der Waals surface area contributed by atoms with Crippen molar-refractivity contribution >= 4 is 54.0 Å². The first-order chi connectivity index (χ1) is 24.4. The second-order valence-corrected chi connectivity index (χ2v) is 22.5. The molecule has 1 aromatic carbocycles. The van der Waals surface area contributed by atoms with Gasteiger partial charge in [-0.25, -0.2) is 19.4 Å². The molecule has 286 valence electrons. The zero-order valence-corrected chi connectivity index (χ0v) is 33.9. The Morgan fingerprint density at radius 1 is 0.943 bits per heavy atom. The van der Waals surface area contributed by atoms with E-state index >= 15 is 0 Å². The smallest absolute Gasteiger partial charge is 0.412 e. The molecular weight excluding hydrogens is 697 g/mol. The standard InChI is InChI=1S/C39H52N4O9Si/c1-13-39(50-29(44)16-17-40-34(47)51-36(2,3)4)26-19-28-30-24(20-43(28)32(45)25(26)21-49-33(39)46)31(53(11,12)38(8,9)10)23-18-22(14-15-27(23)42-30)41-35(48)52-37(5,6)7/h14-15,18-19H,13,16-17,20-21H2,1-12H3,(H,40,47)(H,41,48)/t39-/m0/s1. The zero-order valence-electron chi connectivity index (χ0n) is 32.9. The van der Waals surface area contributed by atoms with Crippen LogP contribution in [0.15, 0.2) is 29.1 Å². The van der Waals surface area contributed by atoms with Crippen molar-refractivity contribution in [2.75, 3.05) is 11.9 Å². The quantitative estimate of drug-likeness (QED) is 0.119. The molecule has 2 aliphatic heterocycles. The van der Waals surface area contributed by atoms with Crippen molar-refractivity contribution in [2.45, 2.75) is 130 Å². The Morgan fingerprint density at radius 2 is 1.58 bits per heavy atom. The molecule has 1 atom stereocenters. The third-order valence-corrected chi connectivity index (χ3v) is 15.7. The molecule has 13 nitrogen and oxygen atoms in total. The third kappa shape index (κ3) is 7.69. The number of hydrogen-bond acceptors (Lipinski definition) is 10. The molecule has 4 heterocycles. The van der Waals surface area contributed by atoms with Gasteiger partial charge in [0, 0.05) is 23.2 Å². The summed E-state index contributed by atoms with van der Waals surface area (Å²) in [6.45, 7) is 23.4. The highest BCUT2D eigenvalue weighted by Gasteiger charge is 2.51. The second-order valence-electron chi connectivity index (χ2n) is 17.3. The number of aromatic nitrogens is 2. The summed E-state index contributed by atoms with van der Waals surface area (Å²) in [5.41, 5.74) is 0.133. The molecule has 0 saturated carbocycles. The van der Waals surface area contributed by atoms with Crippen molar-refractivity contribution in [3.63, 3.8) is 0 Å². The molecule has 0 aliphatic carbocycles. The van der Waals surface area contributed by atoms with Crippen molar-refractivity contribution in [1.82, 2.24) is 14.9 Å². The fraction of sp³-hybridized carbons (Fsp3) is 0.538. The largest absolute Gasteiger partial charge is 0.457 e. The molecule has 0 unspecified atom stereocenters. The lowest BCUT2D eigenvalue weighted by Gasteiger charge is -2.39. The van der Waals surface area contributed by atoms with Crippen molar-refractivity contribution in [1.29, 1.82) is 0 Å². The number of benzene rings is 1. The summed E-state index contributed by atoms with van der Waals surface area (Å²) in [5, 5.41) is 7.25. The minimum atomic E-state index is -2.38. The minimum absolute atomic E-state index is 0.00755. The number of carbonyl (C=O) groups excluding carboxylic acids is 4. The molecule has 0 saturated heterocycles. The van der Waals surface area contributed by atoms with Gasteiger partial charge in [0.1, 0.15) is 17.8 Å². The van der Waals surface area contributed by atoms with Crippen LogP contribution in [0.25, 0.3) is 22.3 Å². The topological polar surface area (TPSA) is 164 Å². The van der Waals surface area contributed by atoms with Gasteiger partial charge in [-0.1, -0.05) is 40.8 Å². The molecule has 2 aliphatic rings. The summed E-state index contributed by atoms with van der Waals surface area (Å²) in [4.78, 5) is 71.1. The molecule has 0 spiro atoms. The normalized spacial score (nSPS) is 16.9. The fourth-order valence-electron chi connectivity index (χ4n) is 6.65. The number of rotatable bonds is 7. The molecule has 53 heavy (non-hydrogen) atoms. The Morgan fingerprint density at radius 3 is 2.19 bits per heavy atom. The van der Waals surface area contributed by atoms with E-state index in [0.29, 0.717) is 22.6 Å². The minimum Gasteiger partial charge on any atom is -0.457 e. The number of amides is 2. The number of anilines is 1. The van der Waals surface area contributed by atoms with Gasteiger partial charge in [0.25, 0.3) is 5.56 Å². The summed E-state index contributed by atoms with van der Waals surface area (Å²) < 4.78 is 23.8. The molecule has 2 aromatic heterocycles. The highest BCUT2D eigenvalue weighted by atomic mass is 28.3. The summed E-state index contributed by atoms with van der Waals surface area (Å²) >= 11 is 0. The van der Waals surface area contributed by atoms with Gasteiger partial charge in [-0.05, 0) is 88.0 Å². The number of alkyl carbamates (subject to hydrolysis) is 1. The lowest BCUT2D eigenvalue weighted by atomic mass is 9.85. The van der Waals surface area contributed by atoms with Crippen LogP contribution in [0.5, 0.6) is 0 Å². The van der Waals surface area contributed by atoms with Gasteiger partial charge in [-0.3, -0.25) is 14.9 Å². The maximum absolute atomic E-state index is 14.4. The number of pyridine rings is 2. The number of nitrogens with zero attached hydrogens (tertiary/aromatic N) is 2. The van der Waals surface area contributed by atoms with Gasteiger partial charge in [0.2, 0.25) is 5.60 Å². The lowest BCUT2D eigenvalue weighted by molar-refractivity contribution is -0.189. The average Bonchev–Trinajstić information content (AvgIpc) is 3.37. The van der Waals surface area contributed by atoms with Gasteiger partial charge >= 0.3 is 24.1 Å². The first-order valence-corrected chi connectivity index (χ1v) is 21.0. The van der Waals surface area contributed by atoms with E-state index in [9.17, 15) is 24.0 Å². The SMILES string of the molecule is CC[C@@]1(OC(=O)CCNC(=O)OC(C)(C)C)C(=O)OCc2c1cc1n(c2=O)Cc2c-1nc1ccc(NC(=O)OC(C)(C)C)cc1c2[Si](C)(C)C(C)(C)C. The maximum Gasteiger partial charge on any atom is 0.412 e. The molecule has 3 aromatic rings. The summed E-state index contributed by atoms with van der Waals surface area (Å²) in [6, 6.07) is 7.28. The monoisotopic (exact) mass is 748 g/mol. The zero-order chi connectivity index (χ0) is 39.5. The van der Waals surface area contributed by atoms with Crippen molar-refractivity contribution in [3.05, 3.63) is 51.3 Å². The number of hydrogen-bond donors (Lipinski definition) is 2. The Balaban J connectivity index is 1.61. The number of carbonyl (C=O) groups is 4. The number of esters is 2. The molecule has 0 bridgehead atoms. The fourth-order valence-corrected chi connectivity index (χ4v) is 9.23. The van der Waals surface area contributed by atoms with E-state index in [1.807, 2.05) is 12.1 Å². The van der Waals surface area contributed by atoms with Crippen LogP contribution >= 0.6 is 0 Å². The van der Waals surface area contributed by atoms with Gasteiger partial charge in [-0.15, -0.1) is 0 Å². The van der Waals surface area contributed by atoms with E-state index in [0.717, 1.165) is 16.1 Å². The van der Waals surface area contributed by atoms with Crippen LogP contribution in [-0.2, 0) is 47.3 Å². The number of cyclic esters (lactones) is 1. The van der Waals surface area contributed by atoms with Crippen LogP contribution in [0, 0.1) is 0 Å². The van der Waals surface area contributed by atoms with Crippen LogP contribution in [-0.4, -0.2) is 59.5 Å². The number of ether oxygens (including phenoxy) is 4. The van der Waals surface area contributed by atoms with Crippen molar-refractivity contribution < 1.29 is 38.1 Å². The molecule has 2 N–H and O–H groups in total.